The standard InChI is InChI=1S/C17H31O13P/c1-3-5-10(18)27-7-9(29-11(19)6-4-2)8-28-31(25,26)30-17-15(23)13(21)12(20)14(22)16(17)24/h9,12-17,20-24H,3-8H2,1-2H3,(H,25,26)/t9-,12?,13-,14+,15+,16+,17?/m1/s1. The first-order valence-corrected chi connectivity index (χ1v) is 11.3. The van der Waals surface area contributed by atoms with Crippen molar-refractivity contribution in [3.63, 3.8) is 0 Å². The minimum Gasteiger partial charge on any atom is -0.462 e. The Labute approximate surface area is 179 Å². The molecular weight excluding hydrogens is 443 g/mol. The zero-order valence-electron chi connectivity index (χ0n) is 17.3. The topological polar surface area (TPSA) is 210 Å². The third-order valence-electron chi connectivity index (χ3n) is 4.39. The average Bonchev–Trinajstić information content (AvgIpc) is 2.70. The largest absolute Gasteiger partial charge is 0.472 e. The predicted molar refractivity (Wildman–Crippen MR) is 101 cm³/mol. The first-order chi connectivity index (χ1) is 14.4. The lowest BCUT2D eigenvalue weighted by molar-refractivity contribution is -0.220. The van der Waals surface area contributed by atoms with Crippen molar-refractivity contribution in [3.8, 4) is 0 Å². The summed E-state index contributed by atoms with van der Waals surface area (Å²) in [5.41, 5.74) is 0. The molecule has 0 aromatic carbocycles. The van der Waals surface area contributed by atoms with Crippen molar-refractivity contribution in [2.75, 3.05) is 13.2 Å². The van der Waals surface area contributed by atoms with E-state index in [1.165, 1.54) is 0 Å². The van der Waals surface area contributed by atoms with Crippen LogP contribution in [0.2, 0.25) is 0 Å². The molecule has 0 amide bonds. The second-order valence-electron chi connectivity index (χ2n) is 7.08. The number of phosphoric ester groups is 1. The lowest BCUT2D eigenvalue weighted by atomic mass is 9.85. The highest BCUT2D eigenvalue weighted by atomic mass is 31.2. The van der Waals surface area contributed by atoms with Crippen LogP contribution < -0.4 is 0 Å². The van der Waals surface area contributed by atoms with Gasteiger partial charge in [0.25, 0.3) is 0 Å². The van der Waals surface area contributed by atoms with Crippen LogP contribution in [0.4, 0.5) is 0 Å². The molecule has 31 heavy (non-hydrogen) atoms. The van der Waals surface area contributed by atoms with E-state index in [4.69, 9.17) is 14.0 Å². The van der Waals surface area contributed by atoms with Gasteiger partial charge in [0.05, 0.1) is 6.61 Å². The van der Waals surface area contributed by atoms with Crippen molar-refractivity contribution in [3.05, 3.63) is 0 Å². The maximum absolute atomic E-state index is 12.2. The van der Waals surface area contributed by atoms with Gasteiger partial charge in [-0.05, 0) is 12.8 Å². The number of carbonyl (C=O) groups excluding carboxylic acids is 2. The van der Waals surface area contributed by atoms with Crippen LogP contribution in [-0.2, 0) is 32.7 Å². The van der Waals surface area contributed by atoms with Gasteiger partial charge >= 0.3 is 19.8 Å². The van der Waals surface area contributed by atoms with E-state index in [0.717, 1.165) is 0 Å². The number of rotatable bonds is 12. The van der Waals surface area contributed by atoms with Crippen LogP contribution in [0, 0.1) is 0 Å². The minimum absolute atomic E-state index is 0.0469. The predicted octanol–water partition coefficient (Wildman–Crippen LogP) is -1.64. The molecule has 1 rings (SSSR count). The summed E-state index contributed by atoms with van der Waals surface area (Å²) in [4.78, 5) is 33.2. The molecule has 0 bridgehead atoms. The van der Waals surface area contributed by atoms with E-state index in [2.05, 4.69) is 4.52 Å². The number of esters is 2. The summed E-state index contributed by atoms with van der Waals surface area (Å²) in [5, 5.41) is 48.6. The van der Waals surface area contributed by atoms with Crippen molar-refractivity contribution in [2.45, 2.75) is 82.3 Å². The first-order valence-electron chi connectivity index (χ1n) is 9.84. The molecule has 182 valence electrons. The summed E-state index contributed by atoms with van der Waals surface area (Å²) in [7, 11) is -5.04. The molecule has 0 heterocycles. The maximum atomic E-state index is 12.2. The highest BCUT2D eigenvalue weighted by molar-refractivity contribution is 7.47. The summed E-state index contributed by atoms with van der Waals surface area (Å²) < 4.78 is 31.6. The normalized spacial score (nSPS) is 31.5. The van der Waals surface area contributed by atoms with E-state index < -0.39 is 75.7 Å². The van der Waals surface area contributed by atoms with E-state index in [1.54, 1.807) is 13.8 Å². The van der Waals surface area contributed by atoms with Crippen LogP contribution in [0.1, 0.15) is 39.5 Å². The molecule has 0 aliphatic heterocycles. The Hall–Kier alpha value is -1.15. The van der Waals surface area contributed by atoms with Gasteiger partial charge in [-0.25, -0.2) is 4.57 Å². The number of hydrogen-bond acceptors (Lipinski definition) is 12. The molecular formula is C17H31O13P. The van der Waals surface area contributed by atoms with Gasteiger partial charge in [-0.1, -0.05) is 13.8 Å². The van der Waals surface area contributed by atoms with Crippen LogP contribution in [0.25, 0.3) is 0 Å². The molecule has 1 aliphatic rings. The number of carbonyl (C=O) groups is 2. The van der Waals surface area contributed by atoms with Crippen molar-refractivity contribution >= 4 is 19.8 Å². The fourth-order valence-electron chi connectivity index (χ4n) is 2.71. The highest BCUT2D eigenvalue weighted by Gasteiger charge is 2.51. The van der Waals surface area contributed by atoms with Gasteiger partial charge in [-0.3, -0.25) is 18.6 Å². The maximum Gasteiger partial charge on any atom is 0.472 e. The molecule has 6 N–H and O–H groups in total. The second-order valence-corrected chi connectivity index (χ2v) is 8.49. The summed E-state index contributed by atoms with van der Waals surface area (Å²) in [6, 6.07) is 0. The number of hydrogen-bond donors (Lipinski definition) is 6. The zero-order valence-corrected chi connectivity index (χ0v) is 18.2. The first kappa shape index (κ1) is 27.9. The van der Waals surface area contributed by atoms with E-state index in [9.17, 15) is 44.6 Å². The SMILES string of the molecule is CCCC(=O)OC[C@H](COP(=O)(O)OC1[C@@H](O)[C@H](O)C(O)[C@H](O)[C@@H]1O)OC(=O)CCC. The molecule has 0 spiro atoms. The monoisotopic (exact) mass is 474 g/mol. The molecule has 0 aromatic heterocycles. The highest BCUT2D eigenvalue weighted by Crippen LogP contribution is 2.47. The molecule has 1 aliphatic carbocycles. The fourth-order valence-corrected chi connectivity index (χ4v) is 3.68. The number of aliphatic hydroxyl groups excluding tert-OH is 5. The molecule has 1 fully saturated rings. The van der Waals surface area contributed by atoms with Crippen molar-refractivity contribution < 1.29 is 63.1 Å². The van der Waals surface area contributed by atoms with Gasteiger partial charge in [0.2, 0.25) is 0 Å². The molecule has 0 aromatic rings. The Morgan fingerprint density at radius 1 is 0.839 bits per heavy atom. The van der Waals surface area contributed by atoms with Crippen molar-refractivity contribution in [1.29, 1.82) is 0 Å². The van der Waals surface area contributed by atoms with E-state index in [0.29, 0.717) is 12.8 Å². The van der Waals surface area contributed by atoms with Crippen molar-refractivity contribution in [2.24, 2.45) is 0 Å². The van der Waals surface area contributed by atoms with Crippen LogP contribution in [-0.4, -0.2) is 98.3 Å². The number of phosphoric acid groups is 1. The van der Waals surface area contributed by atoms with Crippen LogP contribution >= 0.6 is 7.82 Å². The third-order valence-corrected chi connectivity index (χ3v) is 5.37. The zero-order chi connectivity index (χ0) is 23.8. The number of aliphatic hydroxyl groups is 5. The van der Waals surface area contributed by atoms with Gasteiger partial charge in [-0.2, -0.15) is 0 Å². The van der Waals surface area contributed by atoms with E-state index >= 15 is 0 Å². The molecule has 0 radical (unpaired) electrons. The quantitative estimate of drug-likeness (QED) is 0.139. The van der Waals surface area contributed by atoms with E-state index in [1.807, 2.05) is 0 Å². The van der Waals surface area contributed by atoms with Gasteiger partial charge in [0, 0.05) is 12.8 Å². The lowest BCUT2D eigenvalue weighted by Crippen LogP contribution is -2.64. The molecule has 14 heteroatoms. The molecule has 0 saturated heterocycles. The minimum atomic E-state index is -5.04. The molecule has 3 unspecified atom stereocenters. The third kappa shape index (κ3) is 8.72. The molecule has 13 nitrogen and oxygen atoms in total. The molecule has 1 saturated carbocycles. The Balaban J connectivity index is 2.76. The van der Waals surface area contributed by atoms with Crippen molar-refractivity contribution in [1.82, 2.24) is 0 Å². The van der Waals surface area contributed by atoms with Gasteiger partial charge in [-0.15, -0.1) is 0 Å². The summed E-state index contributed by atoms with van der Waals surface area (Å²) in [5.74, 6) is -1.23. The Bertz CT molecular complexity index is 613. The second kappa shape index (κ2) is 12.8. The number of ether oxygens (including phenoxy) is 2. The Morgan fingerprint density at radius 3 is 1.84 bits per heavy atom. The summed E-state index contributed by atoms with van der Waals surface area (Å²) in [6.45, 7) is 2.29. The van der Waals surface area contributed by atoms with Gasteiger partial charge in [0.1, 0.15) is 43.2 Å². The van der Waals surface area contributed by atoms with Crippen LogP contribution in [0.3, 0.4) is 0 Å². The summed E-state index contributed by atoms with van der Waals surface area (Å²) >= 11 is 0. The van der Waals surface area contributed by atoms with E-state index in [-0.39, 0.29) is 12.8 Å². The lowest BCUT2D eigenvalue weighted by Gasteiger charge is -2.41. The van der Waals surface area contributed by atoms with Gasteiger partial charge in [0.15, 0.2) is 6.10 Å². The fraction of sp³-hybridized carbons (Fsp3) is 0.882. The summed E-state index contributed by atoms with van der Waals surface area (Å²) in [6.07, 6.45) is -12.0. The van der Waals surface area contributed by atoms with Crippen LogP contribution in [0.5, 0.6) is 0 Å². The smallest absolute Gasteiger partial charge is 0.462 e. The average molecular weight is 474 g/mol. The molecule has 8 atom stereocenters. The Morgan fingerprint density at radius 2 is 1.32 bits per heavy atom. The van der Waals surface area contributed by atoms with Gasteiger partial charge < -0.3 is 39.9 Å². The van der Waals surface area contributed by atoms with Crippen LogP contribution in [0.15, 0.2) is 0 Å². The Kier molecular flexibility index (Phi) is 11.5.